The molecule has 1 amide bonds. The van der Waals surface area contributed by atoms with E-state index in [2.05, 4.69) is 9.88 Å². The fourth-order valence-electron chi connectivity index (χ4n) is 4.11. The summed E-state index contributed by atoms with van der Waals surface area (Å²) in [7, 11) is 0. The zero-order valence-corrected chi connectivity index (χ0v) is 17.0. The fraction of sp³-hybridized carbons (Fsp3) is 0.478. The van der Waals surface area contributed by atoms with Gasteiger partial charge < -0.3 is 14.5 Å². The SMILES string of the molecule is O=C(c1ccc(N2CCCCCC2)nc1)N1CCC(Oc2ccc(F)cc2F)CC1. The Morgan fingerprint density at radius 2 is 1.70 bits per heavy atom. The molecule has 2 saturated heterocycles. The average Bonchev–Trinajstić information content (AvgIpc) is 3.05. The van der Waals surface area contributed by atoms with Gasteiger partial charge in [0, 0.05) is 51.3 Å². The first-order valence-corrected chi connectivity index (χ1v) is 10.7. The number of piperidine rings is 1. The van der Waals surface area contributed by atoms with Crippen LogP contribution in [-0.4, -0.2) is 48.1 Å². The molecule has 0 unspecified atom stereocenters. The van der Waals surface area contributed by atoms with E-state index in [0.29, 0.717) is 31.5 Å². The van der Waals surface area contributed by atoms with E-state index >= 15 is 0 Å². The second kappa shape index (κ2) is 9.41. The first kappa shape index (κ1) is 20.6. The molecule has 0 spiro atoms. The fourth-order valence-corrected chi connectivity index (χ4v) is 4.11. The van der Waals surface area contributed by atoms with Gasteiger partial charge in [0.05, 0.1) is 5.56 Å². The van der Waals surface area contributed by atoms with Gasteiger partial charge in [0.2, 0.25) is 0 Å². The van der Waals surface area contributed by atoms with Crippen LogP contribution >= 0.6 is 0 Å². The molecule has 1 aromatic carbocycles. The number of hydrogen-bond donors (Lipinski definition) is 0. The summed E-state index contributed by atoms with van der Waals surface area (Å²) < 4.78 is 32.5. The van der Waals surface area contributed by atoms with Crippen molar-refractivity contribution < 1.29 is 18.3 Å². The molecule has 0 saturated carbocycles. The van der Waals surface area contributed by atoms with E-state index in [1.807, 2.05) is 12.1 Å². The van der Waals surface area contributed by atoms with Crippen LogP contribution < -0.4 is 9.64 Å². The number of ether oxygens (including phenoxy) is 1. The number of rotatable bonds is 4. The number of amides is 1. The van der Waals surface area contributed by atoms with E-state index in [1.54, 1.807) is 11.1 Å². The van der Waals surface area contributed by atoms with E-state index in [-0.39, 0.29) is 17.8 Å². The quantitative estimate of drug-likeness (QED) is 0.742. The highest BCUT2D eigenvalue weighted by Gasteiger charge is 2.26. The molecule has 2 aliphatic heterocycles. The molecule has 0 aliphatic carbocycles. The predicted molar refractivity (Wildman–Crippen MR) is 111 cm³/mol. The Morgan fingerprint density at radius 3 is 2.33 bits per heavy atom. The smallest absolute Gasteiger partial charge is 0.255 e. The topological polar surface area (TPSA) is 45.7 Å². The van der Waals surface area contributed by atoms with Gasteiger partial charge in [-0.2, -0.15) is 0 Å². The van der Waals surface area contributed by atoms with Crippen molar-refractivity contribution in [1.82, 2.24) is 9.88 Å². The molecule has 160 valence electrons. The van der Waals surface area contributed by atoms with Crippen LogP contribution in [-0.2, 0) is 0 Å². The number of carbonyl (C=O) groups is 1. The molecule has 0 N–H and O–H groups in total. The summed E-state index contributed by atoms with van der Waals surface area (Å²) in [6.45, 7) is 3.09. The van der Waals surface area contributed by atoms with Crippen LogP contribution in [0.25, 0.3) is 0 Å². The largest absolute Gasteiger partial charge is 0.487 e. The minimum Gasteiger partial charge on any atom is -0.487 e. The predicted octanol–water partition coefficient (Wildman–Crippen LogP) is 4.42. The highest BCUT2D eigenvalue weighted by atomic mass is 19.1. The van der Waals surface area contributed by atoms with E-state index < -0.39 is 11.6 Å². The van der Waals surface area contributed by atoms with Gasteiger partial charge >= 0.3 is 0 Å². The molecule has 0 radical (unpaired) electrons. The van der Waals surface area contributed by atoms with Crippen molar-refractivity contribution in [1.29, 1.82) is 0 Å². The molecule has 2 aromatic rings. The second-order valence-corrected chi connectivity index (χ2v) is 7.99. The van der Waals surface area contributed by atoms with Crippen LogP contribution in [0.1, 0.15) is 48.9 Å². The summed E-state index contributed by atoms with van der Waals surface area (Å²) in [4.78, 5) is 21.4. The van der Waals surface area contributed by atoms with Crippen LogP contribution in [0.2, 0.25) is 0 Å². The Labute approximate surface area is 175 Å². The van der Waals surface area contributed by atoms with Crippen LogP contribution in [0.15, 0.2) is 36.5 Å². The molecule has 5 nitrogen and oxygen atoms in total. The Morgan fingerprint density at radius 1 is 0.967 bits per heavy atom. The van der Waals surface area contributed by atoms with Crippen LogP contribution in [0.3, 0.4) is 0 Å². The molecule has 0 bridgehead atoms. The minimum absolute atomic E-state index is 0.0451. The van der Waals surface area contributed by atoms with Crippen molar-refractivity contribution in [3.8, 4) is 5.75 Å². The lowest BCUT2D eigenvalue weighted by Crippen LogP contribution is -2.41. The third-order valence-electron chi connectivity index (χ3n) is 5.84. The second-order valence-electron chi connectivity index (χ2n) is 7.99. The number of anilines is 1. The van der Waals surface area contributed by atoms with Gasteiger partial charge in [-0.3, -0.25) is 4.79 Å². The summed E-state index contributed by atoms with van der Waals surface area (Å²) in [5.41, 5.74) is 0.581. The summed E-state index contributed by atoms with van der Waals surface area (Å²) in [6, 6.07) is 7.09. The summed E-state index contributed by atoms with van der Waals surface area (Å²) in [5.74, 6) is -0.396. The van der Waals surface area contributed by atoms with Crippen molar-refractivity contribution in [2.75, 3.05) is 31.1 Å². The molecule has 1 aromatic heterocycles. The zero-order valence-electron chi connectivity index (χ0n) is 17.0. The highest BCUT2D eigenvalue weighted by Crippen LogP contribution is 2.24. The molecule has 2 fully saturated rings. The molecule has 4 rings (SSSR count). The van der Waals surface area contributed by atoms with Crippen molar-refractivity contribution in [3.63, 3.8) is 0 Å². The number of aromatic nitrogens is 1. The van der Waals surface area contributed by atoms with E-state index in [0.717, 1.165) is 25.0 Å². The van der Waals surface area contributed by atoms with Crippen LogP contribution in [0, 0.1) is 11.6 Å². The highest BCUT2D eigenvalue weighted by molar-refractivity contribution is 5.94. The van der Waals surface area contributed by atoms with Gasteiger partial charge in [-0.25, -0.2) is 13.8 Å². The minimum atomic E-state index is -0.705. The first-order valence-electron chi connectivity index (χ1n) is 10.7. The van der Waals surface area contributed by atoms with Gasteiger partial charge in [0.1, 0.15) is 17.7 Å². The van der Waals surface area contributed by atoms with Crippen molar-refractivity contribution in [3.05, 3.63) is 53.7 Å². The van der Waals surface area contributed by atoms with Gasteiger partial charge in [-0.05, 0) is 37.1 Å². The Hall–Kier alpha value is -2.70. The number of pyridine rings is 1. The summed E-state index contributed by atoms with van der Waals surface area (Å²) >= 11 is 0. The molecular weight excluding hydrogens is 388 g/mol. The van der Waals surface area contributed by atoms with Gasteiger partial charge in [-0.1, -0.05) is 12.8 Å². The maximum Gasteiger partial charge on any atom is 0.255 e. The maximum atomic E-state index is 13.8. The number of halogens is 2. The van der Waals surface area contributed by atoms with Crippen molar-refractivity contribution in [2.24, 2.45) is 0 Å². The normalized spacial score (nSPS) is 18.2. The Bertz CT molecular complexity index is 859. The summed E-state index contributed by atoms with van der Waals surface area (Å²) in [6.07, 6.45) is 7.56. The number of hydrogen-bond acceptors (Lipinski definition) is 4. The van der Waals surface area contributed by atoms with E-state index in [4.69, 9.17) is 4.74 Å². The van der Waals surface area contributed by atoms with E-state index in [9.17, 15) is 13.6 Å². The van der Waals surface area contributed by atoms with Crippen molar-refractivity contribution >= 4 is 11.7 Å². The van der Waals surface area contributed by atoms with Crippen LogP contribution in [0.5, 0.6) is 5.75 Å². The van der Waals surface area contributed by atoms with Gasteiger partial charge in [-0.15, -0.1) is 0 Å². The average molecular weight is 415 g/mol. The molecule has 3 heterocycles. The lowest BCUT2D eigenvalue weighted by molar-refractivity contribution is 0.0588. The van der Waals surface area contributed by atoms with Crippen LogP contribution in [0.4, 0.5) is 14.6 Å². The van der Waals surface area contributed by atoms with Gasteiger partial charge in [0.25, 0.3) is 5.91 Å². The number of likely N-dealkylation sites (tertiary alicyclic amines) is 1. The molecule has 30 heavy (non-hydrogen) atoms. The monoisotopic (exact) mass is 415 g/mol. The number of benzene rings is 1. The molecular formula is C23H27F2N3O2. The number of nitrogens with zero attached hydrogens (tertiary/aromatic N) is 3. The lowest BCUT2D eigenvalue weighted by Gasteiger charge is -2.32. The van der Waals surface area contributed by atoms with E-state index in [1.165, 1.54) is 37.8 Å². The third-order valence-corrected chi connectivity index (χ3v) is 5.84. The van der Waals surface area contributed by atoms with Crippen molar-refractivity contribution in [2.45, 2.75) is 44.6 Å². The number of carbonyl (C=O) groups excluding carboxylic acids is 1. The van der Waals surface area contributed by atoms with Gasteiger partial charge in [0.15, 0.2) is 11.6 Å². The maximum absolute atomic E-state index is 13.8. The molecule has 7 heteroatoms. The summed E-state index contributed by atoms with van der Waals surface area (Å²) in [5, 5.41) is 0. The standard InChI is InChI=1S/C23H27F2N3O2/c24-18-6-7-21(20(25)15-18)30-19-9-13-28(14-10-19)23(29)17-5-8-22(26-16-17)27-11-3-1-2-4-12-27/h5-8,15-16,19H,1-4,9-14H2. The zero-order chi connectivity index (χ0) is 20.9. The third kappa shape index (κ3) is 4.89. The molecule has 2 aliphatic rings. The molecule has 0 atom stereocenters. The Balaban J connectivity index is 1.31. The lowest BCUT2D eigenvalue weighted by atomic mass is 10.1. The Kier molecular flexibility index (Phi) is 6.45. The first-order chi connectivity index (χ1) is 14.6.